The first-order chi connectivity index (χ1) is 13.7. The second-order valence-electron chi connectivity index (χ2n) is 6.75. The first kappa shape index (κ1) is 17.9. The van der Waals surface area contributed by atoms with Crippen LogP contribution >= 0.6 is 0 Å². The van der Waals surface area contributed by atoms with Gasteiger partial charge in [0, 0.05) is 35.3 Å². The van der Waals surface area contributed by atoms with Gasteiger partial charge in [-0.15, -0.1) is 0 Å². The molecule has 4 rings (SSSR count). The number of nitrogens with one attached hydrogen (secondary N) is 1. The van der Waals surface area contributed by atoms with Crippen molar-refractivity contribution in [1.29, 1.82) is 0 Å². The number of aromatic amines is 1. The highest BCUT2D eigenvalue weighted by molar-refractivity contribution is 5.95. The molecule has 1 heterocycles. The van der Waals surface area contributed by atoms with Crippen molar-refractivity contribution in [2.45, 2.75) is 6.04 Å². The van der Waals surface area contributed by atoms with Crippen molar-refractivity contribution in [2.75, 3.05) is 14.2 Å². The minimum absolute atomic E-state index is 0.0400. The van der Waals surface area contributed by atoms with Crippen LogP contribution in [0, 0.1) is 0 Å². The van der Waals surface area contributed by atoms with E-state index in [1.165, 1.54) is 0 Å². The Balaban J connectivity index is 1.78. The van der Waals surface area contributed by atoms with Crippen LogP contribution in [0.1, 0.15) is 27.5 Å². The molecule has 0 aliphatic rings. The maximum atomic E-state index is 13.3. The number of nitrogens with zero attached hydrogens (tertiary/aromatic N) is 1. The number of ether oxygens (including phenoxy) is 1. The molecule has 4 aromatic rings. The lowest BCUT2D eigenvalue weighted by molar-refractivity contribution is 0.0756. The van der Waals surface area contributed by atoms with Crippen molar-refractivity contribution < 1.29 is 9.53 Å². The number of methoxy groups -OCH3 is 1. The lowest BCUT2D eigenvalue weighted by Crippen LogP contribution is -2.31. The minimum Gasteiger partial charge on any atom is -0.497 e. The summed E-state index contributed by atoms with van der Waals surface area (Å²) in [5, 5.41) is 1.12. The normalized spacial score (nSPS) is 11.9. The van der Waals surface area contributed by atoms with Crippen molar-refractivity contribution in [1.82, 2.24) is 9.88 Å². The second-order valence-corrected chi connectivity index (χ2v) is 6.75. The van der Waals surface area contributed by atoms with Gasteiger partial charge < -0.3 is 14.6 Å². The van der Waals surface area contributed by atoms with E-state index in [9.17, 15) is 4.79 Å². The summed E-state index contributed by atoms with van der Waals surface area (Å²) in [6, 6.07) is 25.3. The lowest BCUT2D eigenvalue weighted by atomic mass is 9.96. The number of carbonyl (C=O) groups is 1. The Morgan fingerprint density at radius 2 is 1.61 bits per heavy atom. The fourth-order valence-electron chi connectivity index (χ4n) is 3.62. The van der Waals surface area contributed by atoms with Gasteiger partial charge in [-0.1, -0.05) is 48.5 Å². The van der Waals surface area contributed by atoms with Crippen LogP contribution in [-0.2, 0) is 0 Å². The van der Waals surface area contributed by atoms with Gasteiger partial charge in [-0.25, -0.2) is 0 Å². The quantitative estimate of drug-likeness (QED) is 0.535. The standard InChI is InChI=1S/C24H22N2O2/c1-26(24(27)18-12-14-19(28-2)15-13-18)23(17-8-4-3-5-9-17)21-16-25-22-11-7-6-10-20(21)22/h3-16,23,25H,1-2H3. The molecular weight excluding hydrogens is 348 g/mol. The zero-order valence-electron chi connectivity index (χ0n) is 15.9. The Labute approximate surface area is 164 Å². The van der Waals surface area contributed by atoms with E-state index in [0.717, 1.165) is 27.8 Å². The molecule has 0 bridgehead atoms. The fourth-order valence-corrected chi connectivity index (χ4v) is 3.62. The maximum Gasteiger partial charge on any atom is 0.254 e. The molecule has 0 aliphatic heterocycles. The van der Waals surface area contributed by atoms with Crippen LogP contribution in [0.25, 0.3) is 10.9 Å². The van der Waals surface area contributed by atoms with Crippen molar-refractivity contribution in [3.05, 3.63) is 102 Å². The molecule has 28 heavy (non-hydrogen) atoms. The predicted octanol–water partition coefficient (Wildman–Crippen LogP) is 5.04. The Hall–Kier alpha value is -3.53. The first-order valence-electron chi connectivity index (χ1n) is 9.21. The number of rotatable bonds is 5. The summed E-state index contributed by atoms with van der Waals surface area (Å²) in [4.78, 5) is 18.4. The van der Waals surface area contributed by atoms with Crippen LogP contribution in [0.3, 0.4) is 0 Å². The Bertz CT molecular complexity index is 1080. The molecule has 1 aromatic heterocycles. The predicted molar refractivity (Wildman–Crippen MR) is 112 cm³/mol. The summed E-state index contributed by atoms with van der Waals surface area (Å²) in [6.45, 7) is 0. The molecule has 4 heteroatoms. The van der Waals surface area contributed by atoms with Crippen LogP contribution in [0.4, 0.5) is 0 Å². The molecule has 1 unspecified atom stereocenters. The number of carbonyl (C=O) groups excluding carboxylic acids is 1. The largest absolute Gasteiger partial charge is 0.497 e. The lowest BCUT2D eigenvalue weighted by Gasteiger charge is -2.29. The third-order valence-electron chi connectivity index (χ3n) is 5.08. The van der Waals surface area contributed by atoms with Gasteiger partial charge in [0.05, 0.1) is 13.2 Å². The number of hydrogen-bond acceptors (Lipinski definition) is 2. The molecular formula is C24H22N2O2. The van der Waals surface area contributed by atoms with E-state index in [4.69, 9.17) is 4.74 Å². The number of aromatic nitrogens is 1. The van der Waals surface area contributed by atoms with Crippen LogP contribution < -0.4 is 4.74 Å². The third-order valence-corrected chi connectivity index (χ3v) is 5.08. The molecule has 1 atom stereocenters. The average Bonchev–Trinajstić information content (AvgIpc) is 3.18. The van der Waals surface area contributed by atoms with Crippen molar-refractivity contribution in [3.63, 3.8) is 0 Å². The Morgan fingerprint density at radius 3 is 2.32 bits per heavy atom. The number of H-pyrrole nitrogens is 1. The molecule has 0 saturated carbocycles. The summed E-state index contributed by atoms with van der Waals surface area (Å²) < 4.78 is 5.20. The van der Waals surface area contributed by atoms with Crippen LogP contribution in [0.15, 0.2) is 85.1 Å². The third kappa shape index (κ3) is 3.25. The van der Waals surface area contributed by atoms with Crippen LogP contribution in [-0.4, -0.2) is 29.9 Å². The second kappa shape index (κ2) is 7.61. The average molecular weight is 370 g/mol. The summed E-state index contributed by atoms with van der Waals surface area (Å²) >= 11 is 0. The molecule has 4 nitrogen and oxygen atoms in total. The highest BCUT2D eigenvalue weighted by Gasteiger charge is 2.26. The Kier molecular flexibility index (Phi) is 4.85. The van der Waals surface area contributed by atoms with Gasteiger partial charge in [0.15, 0.2) is 0 Å². The smallest absolute Gasteiger partial charge is 0.254 e. The summed E-state index contributed by atoms with van der Waals surface area (Å²) in [6.07, 6.45) is 2.00. The molecule has 0 saturated heterocycles. The van der Waals surface area contributed by atoms with Gasteiger partial charge in [0.25, 0.3) is 5.91 Å². The molecule has 0 aliphatic carbocycles. The highest BCUT2D eigenvalue weighted by Crippen LogP contribution is 2.33. The maximum absolute atomic E-state index is 13.3. The van der Waals surface area contributed by atoms with Gasteiger partial charge in [0.1, 0.15) is 5.75 Å². The summed E-state index contributed by atoms with van der Waals surface area (Å²) in [5.74, 6) is 0.692. The molecule has 1 N–H and O–H groups in total. The molecule has 1 amide bonds. The van der Waals surface area contributed by atoms with Gasteiger partial charge >= 0.3 is 0 Å². The van der Waals surface area contributed by atoms with E-state index in [1.54, 1.807) is 24.1 Å². The fraction of sp³-hybridized carbons (Fsp3) is 0.125. The number of hydrogen-bond donors (Lipinski definition) is 1. The highest BCUT2D eigenvalue weighted by atomic mass is 16.5. The van der Waals surface area contributed by atoms with E-state index in [1.807, 2.05) is 61.8 Å². The Morgan fingerprint density at radius 1 is 0.929 bits per heavy atom. The van der Waals surface area contributed by atoms with Gasteiger partial charge in [-0.05, 0) is 35.9 Å². The molecule has 0 spiro atoms. The first-order valence-corrected chi connectivity index (χ1v) is 9.21. The van der Waals surface area contributed by atoms with Crippen LogP contribution in [0.5, 0.6) is 5.75 Å². The van der Waals surface area contributed by atoms with Crippen LogP contribution in [0.2, 0.25) is 0 Å². The van der Waals surface area contributed by atoms with E-state index in [2.05, 4.69) is 23.2 Å². The van der Waals surface area contributed by atoms with Gasteiger partial charge in [-0.3, -0.25) is 4.79 Å². The summed E-state index contributed by atoms with van der Waals surface area (Å²) in [5.41, 5.74) is 3.83. The van der Waals surface area contributed by atoms with E-state index >= 15 is 0 Å². The zero-order valence-corrected chi connectivity index (χ0v) is 15.9. The number of para-hydroxylation sites is 1. The van der Waals surface area contributed by atoms with E-state index in [0.29, 0.717) is 5.56 Å². The minimum atomic E-state index is -0.202. The van der Waals surface area contributed by atoms with Gasteiger partial charge in [-0.2, -0.15) is 0 Å². The van der Waals surface area contributed by atoms with E-state index < -0.39 is 0 Å². The van der Waals surface area contributed by atoms with Crippen molar-refractivity contribution in [3.8, 4) is 5.75 Å². The van der Waals surface area contributed by atoms with Crippen molar-refractivity contribution >= 4 is 16.8 Å². The van der Waals surface area contributed by atoms with Gasteiger partial charge in [0.2, 0.25) is 0 Å². The molecule has 0 fully saturated rings. The zero-order chi connectivity index (χ0) is 19.5. The summed E-state index contributed by atoms with van der Waals surface area (Å²) in [7, 11) is 3.47. The topological polar surface area (TPSA) is 45.3 Å². The molecule has 140 valence electrons. The number of fused-ring (bicyclic) bond motifs is 1. The SMILES string of the molecule is COc1ccc(C(=O)N(C)C(c2ccccc2)c2c[nH]c3ccccc23)cc1. The van der Waals surface area contributed by atoms with E-state index in [-0.39, 0.29) is 11.9 Å². The number of benzene rings is 3. The monoisotopic (exact) mass is 370 g/mol. The number of amides is 1. The molecule has 0 radical (unpaired) electrons. The van der Waals surface area contributed by atoms with Crippen molar-refractivity contribution in [2.24, 2.45) is 0 Å². The molecule has 3 aromatic carbocycles.